The molecule has 0 aliphatic heterocycles. The number of allylic oxidation sites excluding steroid dienone is 1. The normalized spacial score (nSPS) is 12.7. The predicted octanol–water partition coefficient (Wildman–Crippen LogP) is 9.80. The highest BCUT2D eigenvalue weighted by molar-refractivity contribution is 5.66. The number of hydrogen-bond donors (Lipinski definition) is 1. The van der Waals surface area contributed by atoms with Gasteiger partial charge in [-0.25, -0.2) is 0 Å². The molecule has 1 atom stereocenters. The molecule has 3 nitrogen and oxygen atoms in total. The highest BCUT2D eigenvalue weighted by atomic mass is 16.4. The zero-order valence-electron chi connectivity index (χ0n) is 23.5. The highest BCUT2D eigenvalue weighted by Gasteiger charge is 2.13. The SMILES string of the molecule is CCCCCCCC/C=C/C(CCC(=O)O)CN(CCCCCCCC)CCCCCCCC. The molecular weight excluding hydrogens is 418 g/mol. The third-order valence-corrected chi connectivity index (χ3v) is 7.01. The lowest BCUT2D eigenvalue weighted by Crippen LogP contribution is -2.31. The molecule has 34 heavy (non-hydrogen) atoms. The van der Waals surface area contributed by atoms with E-state index in [9.17, 15) is 9.90 Å². The van der Waals surface area contributed by atoms with Crippen LogP contribution in [0.15, 0.2) is 12.2 Å². The van der Waals surface area contributed by atoms with Gasteiger partial charge in [0.1, 0.15) is 0 Å². The van der Waals surface area contributed by atoms with E-state index in [1.165, 1.54) is 129 Å². The molecule has 0 saturated carbocycles. The van der Waals surface area contributed by atoms with E-state index < -0.39 is 5.97 Å². The molecule has 0 heterocycles. The summed E-state index contributed by atoms with van der Waals surface area (Å²) in [7, 11) is 0. The Balaban J connectivity index is 4.61. The van der Waals surface area contributed by atoms with E-state index in [1.807, 2.05) is 0 Å². The van der Waals surface area contributed by atoms with Crippen LogP contribution in [0.4, 0.5) is 0 Å². The topological polar surface area (TPSA) is 40.5 Å². The summed E-state index contributed by atoms with van der Waals surface area (Å²) in [6.07, 6.45) is 30.9. The second kappa shape index (κ2) is 26.8. The van der Waals surface area contributed by atoms with Gasteiger partial charge in [-0.05, 0) is 51.1 Å². The van der Waals surface area contributed by atoms with E-state index >= 15 is 0 Å². The minimum Gasteiger partial charge on any atom is -0.481 e. The average Bonchev–Trinajstić information content (AvgIpc) is 2.82. The standard InChI is InChI=1S/C31H61NO2/c1-4-7-10-13-16-17-18-21-24-30(25-26-31(33)34)29-32(27-22-19-14-11-8-5-2)28-23-20-15-12-9-6-3/h21,24,30H,4-20,22-23,25-29H2,1-3H3,(H,33,34)/b24-21+. The first kappa shape index (κ1) is 33.2. The number of aliphatic carboxylic acids is 1. The van der Waals surface area contributed by atoms with Gasteiger partial charge in [-0.2, -0.15) is 0 Å². The van der Waals surface area contributed by atoms with E-state index in [4.69, 9.17) is 0 Å². The van der Waals surface area contributed by atoms with Gasteiger partial charge in [0.2, 0.25) is 0 Å². The molecule has 0 spiro atoms. The lowest BCUT2D eigenvalue weighted by Gasteiger charge is -2.26. The maximum absolute atomic E-state index is 11.2. The van der Waals surface area contributed by atoms with E-state index in [1.54, 1.807) is 0 Å². The zero-order valence-corrected chi connectivity index (χ0v) is 23.5. The number of carboxylic acid groups (broad SMARTS) is 1. The molecule has 0 aromatic heterocycles. The van der Waals surface area contributed by atoms with Crippen molar-refractivity contribution >= 4 is 5.97 Å². The van der Waals surface area contributed by atoms with Crippen molar-refractivity contribution in [2.75, 3.05) is 19.6 Å². The van der Waals surface area contributed by atoms with Crippen molar-refractivity contribution in [3.05, 3.63) is 12.2 Å². The smallest absolute Gasteiger partial charge is 0.303 e. The van der Waals surface area contributed by atoms with Gasteiger partial charge in [0, 0.05) is 13.0 Å². The minimum atomic E-state index is -0.660. The molecule has 0 radical (unpaired) electrons. The van der Waals surface area contributed by atoms with Gasteiger partial charge in [-0.3, -0.25) is 4.79 Å². The number of unbranched alkanes of at least 4 members (excludes halogenated alkanes) is 16. The summed E-state index contributed by atoms with van der Waals surface area (Å²) in [5.41, 5.74) is 0. The summed E-state index contributed by atoms with van der Waals surface area (Å²) >= 11 is 0. The van der Waals surface area contributed by atoms with E-state index in [2.05, 4.69) is 37.8 Å². The first-order chi connectivity index (χ1) is 16.6. The second-order valence-corrected chi connectivity index (χ2v) is 10.5. The van der Waals surface area contributed by atoms with Crippen molar-refractivity contribution in [2.24, 2.45) is 5.92 Å². The van der Waals surface area contributed by atoms with Crippen LogP contribution in [0.3, 0.4) is 0 Å². The zero-order chi connectivity index (χ0) is 25.1. The molecule has 0 rings (SSSR count). The minimum absolute atomic E-state index is 0.286. The third-order valence-electron chi connectivity index (χ3n) is 7.01. The van der Waals surface area contributed by atoms with Crippen LogP contribution in [0, 0.1) is 5.92 Å². The van der Waals surface area contributed by atoms with Crippen molar-refractivity contribution in [3.63, 3.8) is 0 Å². The molecule has 0 amide bonds. The van der Waals surface area contributed by atoms with Gasteiger partial charge in [0.05, 0.1) is 0 Å². The van der Waals surface area contributed by atoms with Crippen LogP contribution >= 0.6 is 0 Å². The fraction of sp³-hybridized carbons (Fsp3) is 0.903. The fourth-order valence-corrected chi connectivity index (χ4v) is 4.75. The predicted molar refractivity (Wildman–Crippen MR) is 151 cm³/mol. The van der Waals surface area contributed by atoms with Crippen molar-refractivity contribution in [1.82, 2.24) is 4.90 Å². The lowest BCUT2D eigenvalue weighted by molar-refractivity contribution is -0.137. The van der Waals surface area contributed by atoms with Crippen LogP contribution in [0.1, 0.15) is 156 Å². The second-order valence-electron chi connectivity index (χ2n) is 10.5. The molecule has 0 aromatic carbocycles. The van der Waals surface area contributed by atoms with Crippen molar-refractivity contribution in [3.8, 4) is 0 Å². The number of carbonyl (C=O) groups is 1. The maximum atomic E-state index is 11.2. The van der Waals surface area contributed by atoms with E-state index in [0.29, 0.717) is 5.92 Å². The van der Waals surface area contributed by atoms with Crippen LogP contribution in [0.2, 0.25) is 0 Å². The highest BCUT2D eigenvalue weighted by Crippen LogP contribution is 2.16. The molecule has 0 fully saturated rings. The van der Waals surface area contributed by atoms with Gasteiger partial charge in [0.15, 0.2) is 0 Å². The van der Waals surface area contributed by atoms with Gasteiger partial charge in [0.25, 0.3) is 0 Å². The molecule has 0 bridgehead atoms. The Kier molecular flexibility index (Phi) is 26.1. The Labute approximate surface area is 214 Å². The Morgan fingerprint density at radius 3 is 1.59 bits per heavy atom. The quantitative estimate of drug-likeness (QED) is 0.0941. The van der Waals surface area contributed by atoms with Crippen LogP contribution in [0.5, 0.6) is 0 Å². The Morgan fingerprint density at radius 1 is 0.676 bits per heavy atom. The average molecular weight is 480 g/mol. The number of carboxylic acids is 1. The summed E-state index contributed by atoms with van der Waals surface area (Å²) in [5, 5.41) is 9.26. The Hall–Kier alpha value is -0.830. The van der Waals surface area contributed by atoms with Crippen LogP contribution in [0.25, 0.3) is 0 Å². The fourth-order valence-electron chi connectivity index (χ4n) is 4.75. The molecule has 0 aliphatic rings. The summed E-state index contributed by atoms with van der Waals surface area (Å²) in [4.78, 5) is 13.9. The van der Waals surface area contributed by atoms with Crippen molar-refractivity contribution in [2.45, 2.75) is 156 Å². The molecule has 3 heteroatoms. The summed E-state index contributed by atoms with van der Waals surface area (Å²) in [6.45, 7) is 10.2. The maximum Gasteiger partial charge on any atom is 0.303 e. The first-order valence-corrected chi connectivity index (χ1v) is 15.2. The van der Waals surface area contributed by atoms with E-state index in [0.717, 1.165) is 19.4 Å². The van der Waals surface area contributed by atoms with E-state index in [-0.39, 0.29) is 6.42 Å². The van der Waals surface area contributed by atoms with Gasteiger partial charge < -0.3 is 10.0 Å². The van der Waals surface area contributed by atoms with Crippen molar-refractivity contribution < 1.29 is 9.90 Å². The summed E-state index contributed by atoms with van der Waals surface area (Å²) < 4.78 is 0. The van der Waals surface area contributed by atoms with Gasteiger partial charge >= 0.3 is 5.97 Å². The number of hydrogen-bond acceptors (Lipinski definition) is 2. The molecule has 0 saturated heterocycles. The largest absolute Gasteiger partial charge is 0.481 e. The first-order valence-electron chi connectivity index (χ1n) is 15.2. The monoisotopic (exact) mass is 479 g/mol. The Bertz CT molecular complexity index is 433. The van der Waals surface area contributed by atoms with Crippen molar-refractivity contribution in [1.29, 1.82) is 0 Å². The van der Waals surface area contributed by atoms with Gasteiger partial charge in [-0.15, -0.1) is 0 Å². The molecule has 0 aromatic rings. The summed E-state index contributed by atoms with van der Waals surface area (Å²) in [5.74, 6) is -0.288. The number of nitrogens with zero attached hydrogens (tertiary/aromatic N) is 1. The lowest BCUT2D eigenvalue weighted by atomic mass is 10.00. The molecule has 1 N–H and O–H groups in total. The summed E-state index contributed by atoms with van der Waals surface area (Å²) in [6, 6.07) is 0. The number of rotatable bonds is 27. The molecular formula is C31H61NO2. The molecule has 0 aliphatic carbocycles. The van der Waals surface area contributed by atoms with Crippen LogP contribution < -0.4 is 0 Å². The third kappa shape index (κ3) is 24.3. The molecule has 202 valence electrons. The van der Waals surface area contributed by atoms with Crippen LogP contribution in [-0.2, 0) is 4.79 Å². The Morgan fingerprint density at radius 2 is 1.12 bits per heavy atom. The molecule has 1 unspecified atom stereocenters. The van der Waals surface area contributed by atoms with Crippen LogP contribution in [-0.4, -0.2) is 35.6 Å². The van der Waals surface area contributed by atoms with Gasteiger partial charge in [-0.1, -0.05) is 129 Å².